The van der Waals surface area contributed by atoms with Crippen LogP contribution in [0.15, 0.2) is 18.2 Å². The van der Waals surface area contributed by atoms with Gasteiger partial charge in [0.25, 0.3) is 0 Å². The summed E-state index contributed by atoms with van der Waals surface area (Å²) in [5, 5.41) is 0. The number of alkyl halides is 3. The highest BCUT2D eigenvalue weighted by molar-refractivity contribution is 5.40. The first-order valence-electron chi connectivity index (χ1n) is 7.55. The van der Waals surface area contributed by atoms with E-state index in [2.05, 4.69) is 0 Å². The van der Waals surface area contributed by atoms with Gasteiger partial charge in [0.2, 0.25) is 0 Å². The predicted octanol–water partition coefficient (Wildman–Crippen LogP) is 3.75. The van der Waals surface area contributed by atoms with Crippen molar-refractivity contribution in [2.24, 2.45) is 0 Å². The lowest BCUT2D eigenvalue weighted by atomic mass is 9.76. The smallest absolute Gasteiger partial charge is 0.366 e. The summed E-state index contributed by atoms with van der Waals surface area (Å²) in [6, 6.07) is 3.96. The van der Waals surface area contributed by atoms with E-state index in [1.54, 1.807) is 6.07 Å². The molecule has 1 aromatic carbocycles. The first-order chi connectivity index (χ1) is 10.4. The molecule has 3 nitrogen and oxygen atoms in total. The van der Waals surface area contributed by atoms with Crippen molar-refractivity contribution < 1.29 is 27.4 Å². The number of ether oxygens (including phenoxy) is 3. The maximum Gasteiger partial charge on any atom is 0.416 e. The van der Waals surface area contributed by atoms with Crippen molar-refractivity contribution in [3.05, 3.63) is 34.9 Å². The second kappa shape index (κ2) is 4.69. The van der Waals surface area contributed by atoms with Crippen molar-refractivity contribution in [3.8, 4) is 0 Å². The van der Waals surface area contributed by atoms with Gasteiger partial charge in [0.05, 0.1) is 31.0 Å². The van der Waals surface area contributed by atoms with Crippen molar-refractivity contribution in [2.75, 3.05) is 13.2 Å². The molecule has 1 aliphatic carbocycles. The Morgan fingerprint density at radius 1 is 0.909 bits per heavy atom. The van der Waals surface area contributed by atoms with Crippen LogP contribution in [0.5, 0.6) is 0 Å². The van der Waals surface area contributed by atoms with E-state index in [9.17, 15) is 13.2 Å². The van der Waals surface area contributed by atoms with Crippen molar-refractivity contribution in [3.63, 3.8) is 0 Å². The van der Waals surface area contributed by atoms with E-state index in [1.165, 1.54) is 6.07 Å². The third kappa shape index (κ3) is 2.16. The number of rotatable bonds is 0. The van der Waals surface area contributed by atoms with Crippen LogP contribution in [0.25, 0.3) is 0 Å². The molecule has 0 unspecified atom stereocenters. The Kier molecular flexibility index (Phi) is 3.09. The SMILES string of the molecule is FC(F)(F)c1ccc2c(c1)COC21CCC2(CC1)OCCO2. The molecule has 2 aliphatic heterocycles. The Balaban J connectivity index is 1.60. The number of halogens is 3. The minimum Gasteiger partial charge on any atom is -0.366 e. The molecule has 0 N–H and O–H groups in total. The molecule has 4 rings (SSSR count). The lowest BCUT2D eigenvalue weighted by Gasteiger charge is -2.41. The van der Waals surface area contributed by atoms with E-state index in [-0.39, 0.29) is 6.61 Å². The molecule has 2 spiro atoms. The molecule has 22 heavy (non-hydrogen) atoms. The summed E-state index contributed by atoms with van der Waals surface area (Å²) >= 11 is 0. The molecule has 6 heteroatoms. The summed E-state index contributed by atoms with van der Waals surface area (Å²) in [6.07, 6.45) is -1.45. The van der Waals surface area contributed by atoms with Crippen LogP contribution >= 0.6 is 0 Å². The van der Waals surface area contributed by atoms with Crippen LogP contribution in [0.3, 0.4) is 0 Å². The summed E-state index contributed by atoms with van der Waals surface area (Å²) in [4.78, 5) is 0. The first-order valence-corrected chi connectivity index (χ1v) is 7.55. The van der Waals surface area contributed by atoms with E-state index >= 15 is 0 Å². The maximum absolute atomic E-state index is 12.8. The summed E-state index contributed by atoms with van der Waals surface area (Å²) in [5.74, 6) is -0.497. The highest BCUT2D eigenvalue weighted by Gasteiger charge is 2.50. The lowest BCUT2D eigenvalue weighted by Crippen LogP contribution is -2.42. The number of benzene rings is 1. The van der Waals surface area contributed by atoms with Crippen LogP contribution in [0.1, 0.15) is 42.4 Å². The van der Waals surface area contributed by atoms with Crippen molar-refractivity contribution in [1.82, 2.24) is 0 Å². The predicted molar refractivity (Wildman–Crippen MR) is 71.0 cm³/mol. The zero-order valence-corrected chi connectivity index (χ0v) is 12.0. The topological polar surface area (TPSA) is 27.7 Å². The normalized spacial score (nSPS) is 25.8. The van der Waals surface area contributed by atoms with Crippen molar-refractivity contribution in [1.29, 1.82) is 0 Å². The number of hydrogen-bond acceptors (Lipinski definition) is 3. The lowest BCUT2D eigenvalue weighted by molar-refractivity contribution is -0.210. The van der Waals surface area contributed by atoms with Gasteiger partial charge in [-0.1, -0.05) is 6.07 Å². The van der Waals surface area contributed by atoms with Crippen molar-refractivity contribution >= 4 is 0 Å². The summed E-state index contributed by atoms with van der Waals surface area (Å²) in [5.41, 5.74) is 0.467. The average Bonchev–Trinajstić information content (AvgIpc) is 3.08. The van der Waals surface area contributed by atoms with E-state index < -0.39 is 23.1 Å². The van der Waals surface area contributed by atoms with Gasteiger partial charge in [0.15, 0.2) is 5.79 Å². The van der Waals surface area contributed by atoms with Crippen LogP contribution in [-0.4, -0.2) is 19.0 Å². The second-order valence-electron chi connectivity index (χ2n) is 6.26. The third-order valence-electron chi connectivity index (χ3n) is 5.06. The molecule has 0 bridgehead atoms. The molecule has 1 saturated heterocycles. The quantitative estimate of drug-likeness (QED) is 0.730. The fraction of sp³-hybridized carbons (Fsp3) is 0.625. The van der Waals surface area contributed by atoms with Gasteiger partial charge in [0.1, 0.15) is 0 Å². The van der Waals surface area contributed by atoms with E-state index in [4.69, 9.17) is 14.2 Å². The Morgan fingerprint density at radius 2 is 1.59 bits per heavy atom. The zero-order valence-electron chi connectivity index (χ0n) is 12.0. The molecule has 0 atom stereocenters. The highest BCUT2D eigenvalue weighted by atomic mass is 19.4. The Bertz CT molecular complexity index is 581. The van der Waals surface area contributed by atoms with Crippen LogP contribution in [0.2, 0.25) is 0 Å². The molecule has 0 radical (unpaired) electrons. The number of fused-ring (bicyclic) bond motifs is 2. The van der Waals surface area contributed by atoms with Crippen LogP contribution < -0.4 is 0 Å². The van der Waals surface area contributed by atoms with Gasteiger partial charge in [-0.2, -0.15) is 13.2 Å². The van der Waals surface area contributed by atoms with Crippen LogP contribution in [-0.2, 0) is 32.6 Å². The second-order valence-corrected chi connectivity index (χ2v) is 6.26. The molecule has 120 valence electrons. The van der Waals surface area contributed by atoms with E-state index in [0.29, 0.717) is 44.5 Å². The molecule has 0 amide bonds. The van der Waals surface area contributed by atoms with Gasteiger partial charge in [-0.3, -0.25) is 0 Å². The minimum atomic E-state index is -4.31. The largest absolute Gasteiger partial charge is 0.416 e. The summed E-state index contributed by atoms with van der Waals surface area (Å²) < 4.78 is 55.8. The van der Waals surface area contributed by atoms with E-state index in [0.717, 1.165) is 11.6 Å². The third-order valence-corrected chi connectivity index (χ3v) is 5.06. The Hall–Kier alpha value is -1.11. The van der Waals surface area contributed by atoms with Gasteiger partial charge in [-0.25, -0.2) is 0 Å². The van der Waals surface area contributed by atoms with E-state index in [1.807, 2.05) is 0 Å². The molecule has 2 heterocycles. The number of hydrogen-bond donors (Lipinski definition) is 0. The highest BCUT2D eigenvalue weighted by Crippen LogP contribution is 2.51. The van der Waals surface area contributed by atoms with Gasteiger partial charge in [0, 0.05) is 12.8 Å². The molecule has 0 aromatic heterocycles. The maximum atomic E-state index is 12.8. The van der Waals surface area contributed by atoms with Crippen LogP contribution in [0.4, 0.5) is 13.2 Å². The monoisotopic (exact) mass is 314 g/mol. The molecule has 2 fully saturated rings. The first kappa shape index (κ1) is 14.5. The Morgan fingerprint density at radius 3 is 2.23 bits per heavy atom. The van der Waals surface area contributed by atoms with Crippen LogP contribution in [0, 0.1) is 0 Å². The summed E-state index contributed by atoms with van der Waals surface area (Å²) in [6.45, 7) is 1.47. The van der Waals surface area contributed by atoms with Gasteiger partial charge in [-0.15, -0.1) is 0 Å². The average molecular weight is 314 g/mol. The minimum absolute atomic E-state index is 0.244. The molecular weight excluding hydrogens is 297 g/mol. The van der Waals surface area contributed by atoms with Gasteiger partial charge in [-0.05, 0) is 36.1 Å². The molecular formula is C16H17F3O3. The van der Waals surface area contributed by atoms with Crippen molar-refractivity contribution in [2.45, 2.75) is 49.9 Å². The summed E-state index contributed by atoms with van der Waals surface area (Å²) in [7, 11) is 0. The molecule has 1 aromatic rings. The van der Waals surface area contributed by atoms with Gasteiger partial charge < -0.3 is 14.2 Å². The van der Waals surface area contributed by atoms with Gasteiger partial charge >= 0.3 is 6.18 Å². The standard InChI is InChI=1S/C16H17F3O3/c17-16(18,19)12-1-2-13-11(9-12)10-22-14(13)3-5-15(6-4-14)20-7-8-21-15/h1-2,9H,3-8,10H2. The molecule has 3 aliphatic rings. The fourth-order valence-corrected chi connectivity index (χ4v) is 3.86. The Labute approximate surface area is 126 Å². The molecule has 1 saturated carbocycles. The fourth-order valence-electron chi connectivity index (χ4n) is 3.86. The zero-order chi connectivity index (χ0) is 15.4.